The molecule has 0 aromatic heterocycles. The number of benzene rings is 1. The largest absolute Gasteiger partial charge is 0.389 e. The number of hydrogen-bond acceptors (Lipinski definition) is 1. The Bertz CT molecular complexity index is 260. The Morgan fingerprint density at radius 1 is 1.55 bits per heavy atom. The standard InChI is InChI=1S/C8H8ClFO/c1-5(11)6-3-2-4-7(9)8(6)10/h2-5,11H,1H3/t5-/m1/s1. The van der Waals surface area contributed by atoms with Gasteiger partial charge in [-0.15, -0.1) is 0 Å². The third-order valence-corrected chi connectivity index (χ3v) is 1.72. The molecule has 1 N–H and O–H groups in total. The molecule has 1 aromatic rings. The fraction of sp³-hybridized carbons (Fsp3) is 0.250. The van der Waals surface area contributed by atoms with Gasteiger partial charge in [0.2, 0.25) is 0 Å². The lowest BCUT2D eigenvalue weighted by Crippen LogP contribution is -1.95. The van der Waals surface area contributed by atoms with Gasteiger partial charge in [0.1, 0.15) is 5.82 Å². The zero-order valence-electron chi connectivity index (χ0n) is 6.01. The Hall–Kier alpha value is -0.600. The summed E-state index contributed by atoms with van der Waals surface area (Å²) in [4.78, 5) is 0. The first-order chi connectivity index (χ1) is 5.13. The van der Waals surface area contributed by atoms with E-state index < -0.39 is 11.9 Å². The Kier molecular flexibility index (Phi) is 2.47. The van der Waals surface area contributed by atoms with Gasteiger partial charge in [0, 0.05) is 5.56 Å². The van der Waals surface area contributed by atoms with Crippen LogP contribution in [0.25, 0.3) is 0 Å². The average molecular weight is 175 g/mol. The fourth-order valence-corrected chi connectivity index (χ4v) is 1.02. The molecule has 0 unspecified atom stereocenters. The van der Waals surface area contributed by atoms with Crippen molar-refractivity contribution in [3.05, 3.63) is 34.6 Å². The molecule has 0 aliphatic rings. The predicted octanol–water partition coefficient (Wildman–Crippen LogP) is 2.53. The summed E-state index contributed by atoms with van der Waals surface area (Å²) in [5, 5.41) is 9.08. The lowest BCUT2D eigenvalue weighted by Gasteiger charge is -2.05. The van der Waals surface area contributed by atoms with Crippen LogP contribution in [0, 0.1) is 5.82 Å². The van der Waals surface area contributed by atoms with Crippen LogP contribution in [0.5, 0.6) is 0 Å². The molecule has 0 aliphatic heterocycles. The highest BCUT2D eigenvalue weighted by Gasteiger charge is 2.09. The first-order valence-corrected chi connectivity index (χ1v) is 3.62. The zero-order chi connectivity index (χ0) is 8.43. The van der Waals surface area contributed by atoms with Crippen molar-refractivity contribution < 1.29 is 9.50 Å². The highest BCUT2D eigenvalue weighted by Crippen LogP contribution is 2.22. The summed E-state index contributed by atoms with van der Waals surface area (Å²) in [6.07, 6.45) is -0.811. The number of hydrogen-bond donors (Lipinski definition) is 1. The van der Waals surface area contributed by atoms with Crippen LogP contribution in [-0.4, -0.2) is 5.11 Å². The third kappa shape index (κ3) is 1.70. The van der Waals surface area contributed by atoms with Crippen LogP contribution in [0.1, 0.15) is 18.6 Å². The lowest BCUT2D eigenvalue weighted by molar-refractivity contribution is 0.194. The van der Waals surface area contributed by atoms with E-state index >= 15 is 0 Å². The van der Waals surface area contributed by atoms with Crippen molar-refractivity contribution in [2.24, 2.45) is 0 Å². The average Bonchev–Trinajstić information content (AvgIpc) is 1.94. The van der Waals surface area contributed by atoms with Gasteiger partial charge in [-0.25, -0.2) is 4.39 Å². The number of aliphatic hydroxyl groups is 1. The van der Waals surface area contributed by atoms with Crippen molar-refractivity contribution in [2.75, 3.05) is 0 Å². The second-order valence-corrected chi connectivity index (χ2v) is 2.73. The minimum Gasteiger partial charge on any atom is -0.389 e. The smallest absolute Gasteiger partial charge is 0.147 e. The Labute approximate surface area is 69.4 Å². The summed E-state index contributed by atoms with van der Waals surface area (Å²) in [5.74, 6) is -0.538. The molecule has 1 atom stereocenters. The van der Waals surface area contributed by atoms with Crippen LogP contribution in [-0.2, 0) is 0 Å². The van der Waals surface area contributed by atoms with Crippen LogP contribution in [0.4, 0.5) is 4.39 Å². The maximum atomic E-state index is 13.0. The van der Waals surface area contributed by atoms with Gasteiger partial charge < -0.3 is 5.11 Å². The van der Waals surface area contributed by atoms with E-state index in [1.807, 2.05) is 0 Å². The summed E-state index contributed by atoms with van der Waals surface area (Å²) in [6, 6.07) is 4.56. The van der Waals surface area contributed by atoms with E-state index in [0.29, 0.717) is 0 Å². The minimum absolute atomic E-state index is 0.0448. The lowest BCUT2D eigenvalue weighted by atomic mass is 10.1. The summed E-state index contributed by atoms with van der Waals surface area (Å²) < 4.78 is 13.0. The molecule has 1 aromatic carbocycles. The summed E-state index contributed by atoms with van der Waals surface area (Å²) in [6.45, 7) is 1.49. The van der Waals surface area contributed by atoms with Gasteiger partial charge in [-0.05, 0) is 13.0 Å². The molecule has 0 aliphatic carbocycles. The molecule has 0 spiro atoms. The van der Waals surface area contributed by atoms with Crippen LogP contribution in [0.15, 0.2) is 18.2 Å². The number of aliphatic hydroxyl groups excluding tert-OH is 1. The topological polar surface area (TPSA) is 20.2 Å². The Morgan fingerprint density at radius 2 is 2.18 bits per heavy atom. The van der Waals surface area contributed by atoms with Crippen molar-refractivity contribution in [3.8, 4) is 0 Å². The van der Waals surface area contributed by atoms with Crippen molar-refractivity contribution in [1.82, 2.24) is 0 Å². The van der Waals surface area contributed by atoms with E-state index in [2.05, 4.69) is 0 Å². The van der Waals surface area contributed by atoms with Crippen molar-refractivity contribution in [1.29, 1.82) is 0 Å². The summed E-state index contributed by atoms with van der Waals surface area (Å²) >= 11 is 5.47. The monoisotopic (exact) mass is 174 g/mol. The molecule has 0 amide bonds. The Balaban J connectivity index is 3.17. The van der Waals surface area contributed by atoms with Crippen LogP contribution >= 0.6 is 11.6 Å². The van der Waals surface area contributed by atoms with Crippen molar-refractivity contribution in [3.63, 3.8) is 0 Å². The van der Waals surface area contributed by atoms with Gasteiger partial charge in [-0.3, -0.25) is 0 Å². The van der Waals surface area contributed by atoms with E-state index in [1.165, 1.54) is 19.1 Å². The molecule has 0 bridgehead atoms. The zero-order valence-corrected chi connectivity index (χ0v) is 6.77. The predicted molar refractivity (Wildman–Crippen MR) is 42.0 cm³/mol. The fourth-order valence-electron chi connectivity index (χ4n) is 0.843. The quantitative estimate of drug-likeness (QED) is 0.694. The Morgan fingerprint density at radius 3 is 2.64 bits per heavy atom. The van der Waals surface area contributed by atoms with E-state index in [9.17, 15) is 4.39 Å². The molecule has 3 heteroatoms. The molecular weight excluding hydrogens is 167 g/mol. The number of halogens is 2. The SMILES string of the molecule is C[C@@H](O)c1cccc(Cl)c1F. The van der Waals surface area contributed by atoms with Gasteiger partial charge >= 0.3 is 0 Å². The molecule has 0 saturated heterocycles. The van der Waals surface area contributed by atoms with Gasteiger partial charge in [-0.1, -0.05) is 23.7 Å². The van der Waals surface area contributed by atoms with Gasteiger partial charge in [-0.2, -0.15) is 0 Å². The van der Waals surface area contributed by atoms with E-state index in [-0.39, 0.29) is 10.6 Å². The van der Waals surface area contributed by atoms with E-state index in [1.54, 1.807) is 6.07 Å². The molecule has 60 valence electrons. The first-order valence-electron chi connectivity index (χ1n) is 3.25. The third-order valence-electron chi connectivity index (χ3n) is 1.43. The minimum atomic E-state index is -0.811. The molecule has 0 radical (unpaired) electrons. The maximum absolute atomic E-state index is 13.0. The highest BCUT2D eigenvalue weighted by atomic mass is 35.5. The van der Waals surface area contributed by atoms with Gasteiger partial charge in [0.05, 0.1) is 11.1 Å². The first kappa shape index (κ1) is 8.50. The molecule has 0 saturated carbocycles. The molecular formula is C8H8ClFO. The molecule has 11 heavy (non-hydrogen) atoms. The van der Waals surface area contributed by atoms with Crippen LogP contribution in [0.2, 0.25) is 5.02 Å². The molecule has 1 nitrogen and oxygen atoms in total. The van der Waals surface area contributed by atoms with Crippen LogP contribution in [0.3, 0.4) is 0 Å². The van der Waals surface area contributed by atoms with Gasteiger partial charge in [0.15, 0.2) is 0 Å². The van der Waals surface area contributed by atoms with Crippen LogP contribution < -0.4 is 0 Å². The van der Waals surface area contributed by atoms with E-state index in [4.69, 9.17) is 16.7 Å². The second kappa shape index (κ2) is 3.20. The molecule has 0 fully saturated rings. The molecule has 1 rings (SSSR count). The summed E-state index contributed by atoms with van der Waals surface area (Å²) in [5.41, 5.74) is 0.234. The van der Waals surface area contributed by atoms with Crippen molar-refractivity contribution in [2.45, 2.75) is 13.0 Å². The summed E-state index contributed by atoms with van der Waals surface area (Å²) in [7, 11) is 0. The van der Waals surface area contributed by atoms with E-state index in [0.717, 1.165) is 0 Å². The maximum Gasteiger partial charge on any atom is 0.147 e. The highest BCUT2D eigenvalue weighted by molar-refractivity contribution is 6.30. The number of rotatable bonds is 1. The van der Waals surface area contributed by atoms with Crippen molar-refractivity contribution >= 4 is 11.6 Å². The molecule has 0 heterocycles. The normalized spacial score (nSPS) is 13.1. The van der Waals surface area contributed by atoms with Gasteiger partial charge in [0.25, 0.3) is 0 Å². The second-order valence-electron chi connectivity index (χ2n) is 2.32.